The van der Waals surface area contributed by atoms with Crippen LogP contribution in [0.3, 0.4) is 0 Å². The van der Waals surface area contributed by atoms with Crippen molar-refractivity contribution >= 4 is 27.3 Å². The van der Waals surface area contributed by atoms with E-state index in [1.54, 1.807) is 43.4 Å². The predicted octanol–water partition coefficient (Wildman–Crippen LogP) is 3.96. The number of methoxy groups -OCH3 is 2. The Labute approximate surface area is 200 Å². The summed E-state index contributed by atoms with van der Waals surface area (Å²) in [5.41, 5.74) is 0.982. The van der Waals surface area contributed by atoms with E-state index in [4.69, 9.17) is 14.2 Å². The summed E-state index contributed by atoms with van der Waals surface area (Å²) in [6.07, 6.45) is 0. The molecule has 0 aliphatic rings. The summed E-state index contributed by atoms with van der Waals surface area (Å²) in [6, 6.07) is 19.9. The topological polar surface area (TPSA) is 85.4 Å². The lowest BCUT2D eigenvalue weighted by molar-refractivity contribution is -0.116. The third-order valence-electron chi connectivity index (χ3n) is 5.18. The van der Waals surface area contributed by atoms with Crippen molar-refractivity contribution in [2.24, 2.45) is 0 Å². The Hall–Kier alpha value is -3.72. The summed E-state index contributed by atoms with van der Waals surface area (Å²) in [4.78, 5) is 14.5. The highest BCUT2D eigenvalue weighted by atomic mass is 32.2. The molecule has 0 heterocycles. The largest absolute Gasteiger partial charge is 0.494 e. The molecular formula is C25H28N2O6S. The Bertz CT molecular complexity index is 1210. The van der Waals surface area contributed by atoms with Gasteiger partial charge in [0.05, 0.1) is 31.4 Å². The van der Waals surface area contributed by atoms with Crippen molar-refractivity contribution in [1.82, 2.24) is 0 Å². The monoisotopic (exact) mass is 484 g/mol. The number of rotatable bonds is 10. The first-order valence-corrected chi connectivity index (χ1v) is 12.0. The van der Waals surface area contributed by atoms with Crippen molar-refractivity contribution in [1.29, 1.82) is 0 Å². The van der Waals surface area contributed by atoms with Crippen LogP contribution >= 0.6 is 0 Å². The number of hydrogen-bond acceptors (Lipinski definition) is 6. The molecule has 0 aliphatic carbocycles. The standard InChI is InChI=1S/C25H28N2O6S/c1-5-33-21-13-11-20(12-14-21)27(18-25(28)26(2)19-9-7-6-8-10-19)34(29,30)22-15-16-23(31-3)24(17-22)32-4/h6-17H,5,18H2,1-4H3. The van der Waals surface area contributed by atoms with Crippen molar-refractivity contribution in [3.63, 3.8) is 0 Å². The van der Waals surface area contributed by atoms with Crippen LogP contribution in [-0.4, -0.2) is 48.7 Å². The Balaban J connectivity index is 2.02. The number of amides is 1. The minimum absolute atomic E-state index is 0.0331. The smallest absolute Gasteiger partial charge is 0.264 e. The molecule has 9 heteroatoms. The van der Waals surface area contributed by atoms with Crippen molar-refractivity contribution in [3.05, 3.63) is 72.8 Å². The average Bonchev–Trinajstić information content (AvgIpc) is 2.87. The predicted molar refractivity (Wildman–Crippen MR) is 132 cm³/mol. The van der Waals surface area contributed by atoms with Crippen LogP contribution in [0.5, 0.6) is 17.2 Å². The Kier molecular flexibility index (Phi) is 8.01. The molecule has 0 radical (unpaired) electrons. The second kappa shape index (κ2) is 10.9. The van der Waals surface area contributed by atoms with Gasteiger partial charge in [0.2, 0.25) is 5.91 Å². The number of para-hydroxylation sites is 1. The number of ether oxygens (including phenoxy) is 3. The van der Waals surface area contributed by atoms with Crippen molar-refractivity contribution < 1.29 is 27.4 Å². The third kappa shape index (κ3) is 5.43. The Morgan fingerprint density at radius 1 is 0.853 bits per heavy atom. The highest BCUT2D eigenvalue weighted by molar-refractivity contribution is 7.92. The van der Waals surface area contributed by atoms with Crippen LogP contribution in [0.15, 0.2) is 77.7 Å². The molecule has 1 amide bonds. The first-order chi connectivity index (χ1) is 16.3. The molecule has 180 valence electrons. The SMILES string of the molecule is CCOc1ccc(N(CC(=O)N(C)c2ccccc2)S(=O)(=O)c2ccc(OC)c(OC)c2)cc1. The van der Waals surface area contributed by atoms with Crippen LogP contribution in [0.1, 0.15) is 6.92 Å². The molecular weight excluding hydrogens is 456 g/mol. The van der Waals surface area contributed by atoms with Crippen molar-refractivity contribution in [2.45, 2.75) is 11.8 Å². The second-order valence-electron chi connectivity index (χ2n) is 7.24. The van der Waals surface area contributed by atoms with E-state index in [1.165, 1.54) is 37.3 Å². The van der Waals surface area contributed by atoms with Crippen LogP contribution in [-0.2, 0) is 14.8 Å². The maximum absolute atomic E-state index is 13.7. The minimum Gasteiger partial charge on any atom is -0.494 e. The summed E-state index contributed by atoms with van der Waals surface area (Å²) in [7, 11) is 0.366. The second-order valence-corrected chi connectivity index (χ2v) is 9.11. The molecule has 3 aromatic rings. The van der Waals surface area contributed by atoms with Gasteiger partial charge in [-0.3, -0.25) is 9.10 Å². The summed E-state index contributed by atoms with van der Waals surface area (Å²) < 4.78 is 44.5. The highest BCUT2D eigenvalue weighted by Crippen LogP contribution is 2.32. The highest BCUT2D eigenvalue weighted by Gasteiger charge is 2.29. The van der Waals surface area contributed by atoms with Gasteiger partial charge in [-0.05, 0) is 55.5 Å². The van der Waals surface area contributed by atoms with Crippen LogP contribution in [0.25, 0.3) is 0 Å². The van der Waals surface area contributed by atoms with Crippen LogP contribution in [0.4, 0.5) is 11.4 Å². The molecule has 0 unspecified atom stereocenters. The fraction of sp³-hybridized carbons (Fsp3) is 0.240. The van der Waals surface area contributed by atoms with Gasteiger partial charge in [0.25, 0.3) is 10.0 Å². The summed E-state index contributed by atoms with van der Waals surface area (Å²) in [5.74, 6) is 0.864. The molecule has 3 rings (SSSR count). The number of hydrogen-bond donors (Lipinski definition) is 0. The molecule has 0 aliphatic heterocycles. The van der Waals surface area contributed by atoms with E-state index in [-0.39, 0.29) is 10.6 Å². The summed E-state index contributed by atoms with van der Waals surface area (Å²) >= 11 is 0. The summed E-state index contributed by atoms with van der Waals surface area (Å²) in [5, 5.41) is 0. The number of nitrogens with zero attached hydrogens (tertiary/aromatic N) is 2. The molecule has 0 aromatic heterocycles. The van der Waals surface area contributed by atoms with Crippen LogP contribution < -0.4 is 23.4 Å². The fourth-order valence-corrected chi connectivity index (χ4v) is 4.75. The van der Waals surface area contributed by atoms with Gasteiger partial charge in [0.15, 0.2) is 11.5 Å². The normalized spacial score (nSPS) is 10.9. The number of likely N-dealkylation sites (N-methyl/N-ethyl adjacent to an activating group) is 1. The first-order valence-electron chi connectivity index (χ1n) is 10.6. The Morgan fingerprint density at radius 2 is 1.50 bits per heavy atom. The molecule has 0 bridgehead atoms. The molecule has 0 saturated heterocycles. The molecule has 3 aromatic carbocycles. The quantitative estimate of drug-likeness (QED) is 0.433. The van der Waals surface area contributed by atoms with Gasteiger partial charge in [-0.1, -0.05) is 18.2 Å². The van der Waals surface area contributed by atoms with Crippen LogP contribution in [0.2, 0.25) is 0 Å². The zero-order chi connectivity index (χ0) is 24.7. The van der Waals surface area contributed by atoms with E-state index < -0.39 is 22.5 Å². The zero-order valence-corrected chi connectivity index (χ0v) is 20.4. The van der Waals surface area contributed by atoms with E-state index in [2.05, 4.69) is 0 Å². The van der Waals surface area contributed by atoms with Gasteiger partial charge in [-0.25, -0.2) is 8.42 Å². The number of anilines is 2. The van der Waals surface area contributed by atoms with E-state index in [0.29, 0.717) is 29.5 Å². The number of carbonyl (C=O) groups is 1. The number of sulfonamides is 1. The van der Waals surface area contributed by atoms with E-state index in [9.17, 15) is 13.2 Å². The zero-order valence-electron chi connectivity index (χ0n) is 19.6. The van der Waals surface area contributed by atoms with E-state index in [0.717, 1.165) is 4.31 Å². The lowest BCUT2D eigenvalue weighted by atomic mass is 10.3. The average molecular weight is 485 g/mol. The van der Waals surface area contributed by atoms with E-state index in [1.807, 2.05) is 25.1 Å². The third-order valence-corrected chi connectivity index (χ3v) is 6.95. The van der Waals surface area contributed by atoms with E-state index >= 15 is 0 Å². The fourth-order valence-electron chi connectivity index (χ4n) is 3.32. The molecule has 0 atom stereocenters. The number of carbonyl (C=O) groups excluding carboxylic acids is 1. The van der Waals surface area contributed by atoms with Crippen molar-refractivity contribution in [3.8, 4) is 17.2 Å². The summed E-state index contributed by atoms with van der Waals surface area (Å²) in [6.45, 7) is 1.93. The lowest BCUT2D eigenvalue weighted by Crippen LogP contribution is -2.41. The molecule has 0 saturated carbocycles. The maximum Gasteiger partial charge on any atom is 0.264 e. The van der Waals surface area contributed by atoms with Gasteiger partial charge >= 0.3 is 0 Å². The van der Waals surface area contributed by atoms with Gasteiger partial charge in [-0.15, -0.1) is 0 Å². The molecule has 34 heavy (non-hydrogen) atoms. The van der Waals surface area contributed by atoms with Crippen molar-refractivity contribution in [2.75, 3.05) is 43.6 Å². The first kappa shape index (κ1) is 24.9. The van der Waals surface area contributed by atoms with Gasteiger partial charge in [0, 0.05) is 18.8 Å². The maximum atomic E-state index is 13.7. The van der Waals surface area contributed by atoms with Gasteiger partial charge < -0.3 is 19.1 Å². The molecule has 0 spiro atoms. The lowest BCUT2D eigenvalue weighted by Gasteiger charge is -2.27. The van der Waals surface area contributed by atoms with Gasteiger partial charge in [-0.2, -0.15) is 0 Å². The van der Waals surface area contributed by atoms with Gasteiger partial charge in [0.1, 0.15) is 12.3 Å². The number of benzene rings is 3. The molecule has 0 N–H and O–H groups in total. The minimum atomic E-state index is -4.14. The molecule has 8 nitrogen and oxygen atoms in total. The van der Waals surface area contributed by atoms with Crippen LogP contribution in [0, 0.1) is 0 Å². The molecule has 0 fully saturated rings. The Morgan fingerprint density at radius 3 is 2.09 bits per heavy atom.